The van der Waals surface area contributed by atoms with Crippen molar-refractivity contribution in [3.8, 4) is 5.75 Å². The molecule has 1 aromatic carbocycles. The van der Waals surface area contributed by atoms with Crippen LogP contribution in [-0.2, 0) is 11.3 Å². The van der Waals surface area contributed by atoms with E-state index >= 15 is 0 Å². The summed E-state index contributed by atoms with van der Waals surface area (Å²) in [6.45, 7) is 1.55. The fourth-order valence-corrected chi connectivity index (χ4v) is 1.56. The van der Waals surface area contributed by atoms with Crippen molar-refractivity contribution >= 4 is 0 Å². The van der Waals surface area contributed by atoms with E-state index in [9.17, 15) is 4.39 Å². The molecule has 0 radical (unpaired) electrons. The molecule has 1 fully saturated rings. The summed E-state index contributed by atoms with van der Waals surface area (Å²) >= 11 is 0. The van der Waals surface area contributed by atoms with Gasteiger partial charge in [0.1, 0.15) is 6.61 Å². The monoisotopic (exact) mass is 239 g/mol. The second kappa shape index (κ2) is 5.98. The first-order valence-electron chi connectivity index (χ1n) is 5.93. The minimum Gasteiger partial charge on any atom is -0.488 e. The Morgan fingerprint density at radius 3 is 2.82 bits per heavy atom. The average Bonchev–Trinajstić information content (AvgIpc) is 3.13. The molecule has 0 atom stereocenters. The maximum Gasteiger partial charge on any atom is 0.165 e. The summed E-state index contributed by atoms with van der Waals surface area (Å²) in [6.07, 6.45) is 2.47. The molecule has 4 heteroatoms. The van der Waals surface area contributed by atoms with Gasteiger partial charge in [0, 0.05) is 19.7 Å². The Hall–Kier alpha value is -1.13. The number of methoxy groups -OCH3 is 1. The molecule has 0 amide bonds. The highest BCUT2D eigenvalue weighted by atomic mass is 19.1. The Balaban J connectivity index is 1.85. The number of benzene rings is 1. The zero-order chi connectivity index (χ0) is 12.1. The molecule has 1 aromatic rings. The smallest absolute Gasteiger partial charge is 0.165 e. The molecular formula is C13H18FNO2. The van der Waals surface area contributed by atoms with Crippen molar-refractivity contribution in [1.82, 2.24) is 5.32 Å². The standard InChI is InChI=1S/C13H18FNO2/c1-16-6-7-17-13-5-2-10(8-12(13)14)9-15-11-3-4-11/h2,5,8,11,15H,3-4,6-7,9H2,1H3. The normalized spacial score (nSPS) is 14.9. The van der Waals surface area contributed by atoms with Crippen LogP contribution in [-0.4, -0.2) is 26.4 Å². The van der Waals surface area contributed by atoms with Gasteiger partial charge in [0.2, 0.25) is 0 Å². The van der Waals surface area contributed by atoms with Crippen molar-refractivity contribution in [2.75, 3.05) is 20.3 Å². The van der Waals surface area contributed by atoms with Gasteiger partial charge >= 0.3 is 0 Å². The molecule has 2 rings (SSSR count). The lowest BCUT2D eigenvalue weighted by molar-refractivity contribution is 0.144. The average molecular weight is 239 g/mol. The fraction of sp³-hybridized carbons (Fsp3) is 0.538. The number of ether oxygens (including phenoxy) is 2. The molecule has 3 nitrogen and oxygen atoms in total. The lowest BCUT2D eigenvalue weighted by Crippen LogP contribution is -2.15. The van der Waals surface area contributed by atoms with Crippen LogP contribution >= 0.6 is 0 Å². The number of rotatable bonds is 7. The van der Waals surface area contributed by atoms with E-state index in [1.54, 1.807) is 13.2 Å². The first kappa shape index (κ1) is 12.3. The summed E-state index contributed by atoms with van der Waals surface area (Å²) in [5.74, 6) is -0.0200. The molecule has 94 valence electrons. The third-order valence-corrected chi connectivity index (χ3v) is 2.71. The molecule has 0 spiro atoms. The largest absolute Gasteiger partial charge is 0.488 e. The van der Waals surface area contributed by atoms with Crippen LogP contribution in [0.3, 0.4) is 0 Å². The van der Waals surface area contributed by atoms with Crippen LogP contribution in [0.4, 0.5) is 4.39 Å². The Bertz CT molecular complexity index is 366. The first-order valence-corrected chi connectivity index (χ1v) is 5.93. The van der Waals surface area contributed by atoms with Crippen molar-refractivity contribution in [3.05, 3.63) is 29.6 Å². The van der Waals surface area contributed by atoms with E-state index in [0.717, 1.165) is 12.1 Å². The van der Waals surface area contributed by atoms with Gasteiger partial charge in [-0.05, 0) is 30.5 Å². The predicted molar refractivity (Wildman–Crippen MR) is 63.6 cm³/mol. The summed E-state index contributed by atoms with van der Waals surface area (Å²) < 4.78 is 23.7. The zero-order valence-corrected chi connectivity index (χ0v) is 10.0. The van der Waals surface area contributed by atoms with Gasteiger partial charge < -0.3 is 14.8 Å². The van der Waals surface area contributed by atoms with Crippen molar-refractivity contribution < 1.29 is 13.9 Å². The molecule has 0 bridgehead atoms. The second-order valence-electron chi connectivity index (χ2n) is 4.26. The number of halogens is 1. The first-order chi connectivity index (χ1) is 8.29. The van der Waals surface area contributed by atoms with Gasteiger partial charge in [-0.25, -0.2) is 4.39 Å². The summed E-state index contributed by atoms with van der Waals surface area (Å²) in [6, 6.07) is 5.73. The van der Waals surface area contributed by atoms with Crippen LogP contribution in [0.2, 0.25) is 0 Å². The molecule has 0 aliphatic heterocycles. The molecule has 0 saturated heterocycles. The Morgan fingerprint density at radius 2 is 2.18 bits per heavy atom. The quantitative estimate of drug-likeness (QED) is 0.739. The molecule has 0 heterocycles. The van der Waals surface area contributed by atoms with E-state index < -0.39 is 0 Å². The van der Waals surface area contributed by atoms with Crippen molar-refractivity contribution in [1.29, 1.82) is 0 Å². The molecule has 1 saturated carbocycles. The van der Waals surface area contributed by atoms with Crippen LogP contribution < -0.4 is 10.1 Å². The van der Waals surface area contributed by atoms with Crippen LogP contribution in [0.15, 0.2) is 18.2 Å². The van der Waals surface area contributed by atoms with E-state index in [-0.39, 0.29) is 11.6 Å². The molecule has 0 aromatic heterocycles. The lowest BCUT2D eigenvalue weighted by atomic mass is 10.2. The van der Waals surface area contributed by atoms with E-state index in [1.165, 1.54) is 18.9 Å². The molecule has 17 heavy (non-hydrogen) atoms. The maximum absolute atomic E-state index is 13.6. The SMILES string of the molecule is COCCOc1ccc(CNC2CC2)cc1F. The highest BCUT2D eigenvalue weighted by Crippen LogP contribution is 2.21. The number of nitrogens with one attached hydrogen (secondary N) is 1. The summed E-state index contributed by atoms with van der Waals surface area (Å²) in [7, 11) is 1.59. The predicted octanol–water partition coefficient (Wildman–Crippen LogP) is 2.10. The Morgan fingerprint density at radius 1 is 1.35 bits per heavy atom. The molecule has 1 aliphatic carbocycles. The van der Waals surface area contributed by atoms with Crippen molar-refractivity contribution in [2.24, 2.45) is 0 Å². The Kier molecular flexibility index (Phi) is 4.34. The third-order valence-electron chi connectivity index (χ3n) is 2.71. The van der Waals surface area contributed by atoms with Gasteiger partial charge in [-0.3, -0.25) is 0 Å². The summed E-state index contributed by atoms with van der Waals surface area (Å²) in [5.41, 5.74) is 0.952. The lowest BCUT2D eigenvalue weighted by Gasteiger charge is -2.08. The van der Waals surface area contributed by atoms with Crippen molar-refractivity contribution in [2.45, 2.75) is 25.4 Å². The highest BCUT2D eigenvalue weighted by molar-refractivity contribution is 5.29. The maximum atomic E-state index is 13.6. The highest BCUT2D eigenvalue weighted by Gasteiger charge is 2.20. The topological polar surface area (TPSA) is 30.5 Å². The van der Waals surface area contributed by atoms with Crippen LogP contribution in [0.5, 0.6) is 5.75 Å². The van der Waals surface area contributed by atoms with E-state index in [2.05, 4.69) is 5.32 Å². The summed E-state index contributed by atoms with van der Waals surface area (Å²) in [4.78, 5) is 0. The van der Waals surface area contributed by atoms with Gasteiger partial charge in [0.25, 0.3) is 0 Å². The minimum absolute atomic E-state index is 0.289. The number of hydrogen-bond acceptors (Lipinski definition) is 3. The number of hydrogen-bond donors (Lipinski definition) is 1. The molecule has 0 unspecified atom stereocenters. The van der Waals surface area contributed by atoms with Crippen molar-refractivity contribution in [3.63, 3.8) is 0 Å². The van der Waals surface area contributed by atoms with Gasteiger partial charge in [-0.1, -0.05) is 6.07 Å². The van der Waals surface area contributed by atoms with Gasteiger partial charge in [0.05, 0.1) is 6.61 Å². The van der Waals surface area contributed by atoms with Gasteiger partial charge in [-0.15, -0.1) is 0 Å². The fourth-order valence-electron chi connectivity index (χ4n) is 1.56. The van der Waals surface area contributed by atoms with Crippen LogP contribution in [0.25, 0.3) is 0 Å². The Labute approximate surface area is 101 Å². The summed E-state index contributed by atoms with van der Waals surface area (Å²) in [5, 5.41) is 3.34. The van der Waals surface area contributed by atoms with E-state index in [0.29, 0.717) is 19.3 Å². The van der Waals surface area contributed by atoms with Gasteiger partial charge in [0.15, 0.2) is 11.6 Å². The molecular weight excluding hydrogens is 221 g/mol. The van der Waals surface area contributed by atoms with Gasteiger partial charge in [-0.2, -0.15) is 0 Å². The second-order valence-corrected chi connectivity index (χ2v) is 4.26. The third kappa shape index (κ3) is 3.98. The molecule has 1 N–H and O–H groups in total. The van der Waals surface area contributed by atoms with E-state index in [1.807, 2.05) is 6.07 Å². The minimum atomic E-state index is -0.309. The molecule has 1 aliphatic rings. The van der Waals surface area contributed by atoms with E-state index in [4.69, 9.17) is 9.47 Å². The van der Waals surface area contributed by atoms with Crippen LogP contribution in [0, 0.1) is 5.82 Å². The van der Waals surface area contributed by atoms with Crippen LogP contribution in [0.1, 0.15) is 18.4 Å². The zero-order valence-electron chi connectivity index (χ0n) is 10.0.